The molecule has 9 heteroatoms. The van der Waals surface area contributed by atoms with E-state index in [-0.39, 0.29) is 29.6 Å². The molecule has 0 aliphatic heterocycles. The molecule has 0 saturated carbocycles. The van der Waals surface area contributed by atoms with Gasteiger partial charge in [0.1, 0.15) is 0 Å². The van der Waals surface area contributed by atoms with Crippen molar-refractivity contribution in [3.05, 3.63) is 12.2 Å². The van der Waals surface area contributed by atoms with Crippen molar-refractivity contribution in [2.24, 2.45) is 0 Å². The summed E-state index contributed by atoms with van der Waals surface area (Å²) < 4.78 is 13.6. The summed E-state index contributed by atoms with van der Waals surface area (Å²) in [5.41, 5.74) is -0.501. The van der Waals surface area contributed by atoms with Crippen molar-refractivity contribution in [3.8, 4) is 0 Å². The van der Waals surface area contributed by atoms with Gasteiger partial charge in [-0.25, -0.2) is 9.36 Å². The van der Waals surface area contributed by atoms with Crippen LogP contribution in [0.2, 0.25) is 0 Å². The standard InChI is InChI=1S/C5H7O7P.Na.H/c1-3(5(7)8)2-4(6)12-13(9,10)11;;/h1-2H2,(H,7,8)(H2,9,10,11);;. The van der Waals surface area contributed by atoms with Crippen LogP contribution in [-0.2, 0) is 18.7 Å². The number of carboxylic acid groups (broad SMARTS) is 1. The van der Waals surface area contributed by atoms with E-state index in [9.17, 15) is 14.2 Å². The van der Waals surface area contributed by atoms with Crippen LogP contribution >= 0.6 is 7.82 Å². The van der Waals surface area contributed by atoms with Gasteiger partial charge in [-0.1, -0.05) is 6.58 Å². The van der Waals surface area contributed by atoms with Crippen LogP contribution in [0.1, 0.15) is 6.42 Å². The molecule has 0 bridgehead atoms. The molecule has 0 aromatic carbocycles. The van der Waals surface area contributed by atoms with Crippen LogP contribution in [0.3, 0.4) is 0 Å². The zero-order valence-electron chi connectivity index (χ0n) is 6.34. The van der Waals surface area contributed by atoms with Crippen LogP contribution in [0.4, 0.5) is 0 Å². The van der Waals surface area contributed by atoms with Crippen molar-refractivity contribution < 1.29 is 33.6 Å². The molecule has 3 N–H and O–H groups in total. The van der Waals surface area contributed by atoms with Crippen LogP contribution in [0, 0.1) is 0 Å². The molecular weight excluding hydrogens is 226 g/mol. The second kappa shape index (κ2) is 6.34. The molecule has 0 atom stereocenters. The van der Waals surface area contributed by atoms with Crippen molar-refractivity contribution in [3.63, 3.8) is 0 Å². The van der Waals surface area contributed by atoms with Crippen LogP contribution in [0.15, 0.2) is 12.2 Å². The Bertz CT molecular complexity index is 292. The molecule has 0 radical (unpaired) electrons. The maximum atomic E-state index is 10.5. The quantitative estimate of drug-likeness (QED) is 0.324. The Kier molecular flexibility index (Phi) is 7.37. The second-order valence-corrected chi connectivity index (χ2v) is 3.20. The molecule has 0 amide bonds. The molecule has 14 heavy (non-hydrogen) atoms. The summed E-state index contributed by atoms with van der Waals surface area (Å²) in [4.78, 5) is 36.9. The van der Waals surface area contributed by atoms with Crippen molar-refractivity contribution in [2.45, 2.75) is 6.42 Å². The zero-order chi connectivity index (χ0) is 10.6. The van der Waals surface area contributed by atoms with Gasteiger partial charge < -0.3 is 9.63 Å². The van der Waals surface area contributed by atoms with E-state index in [0.29, 0.717) is 0 Å². The third-order valence-corrected chi connectivity index (χ3v) is 1.32. The van der Waals surface area contributed by atoms with Gasteiger partial charge in [-0.3, -0.25) is 14.6 Å². The van der Waals surface area contributed by atoms with E-state index in [1.807, 2.05) is 0 Å². The molecular formula is C5H8NaO7P. The van der Waals surface area contributed by atoms with E-state index < -0.39 is 31.8 Å². The van der Waals surface area contributed by atoms with Gasteiger partial charge >= 0.3 is 49.3 Å². The molecule has 0 unspecified atom stereocenters. The van der Waals surface area contributed by atoms with Crippen LogP contribution < -0.4 is 0 Å². The SMILES string of the molecule is C=C(CC(=O)OP(=O)(O)O)C(=O)O.[NaH]. The van der Waals surface area contributed by atoms with Gasteiger partial charge in [0.2, 0.25) is 0 Å². The average Bonchev–Trinajstić information content (AvgIpc) is 1.81. The van der Waals surface area contributed by atoms with Crippen molar-refractivity contribution >= 4 is 49.3 Å². The van der Waals surface area contributed by atoms with Crippen molar-refractivity contribution in [2.75, 3.05) is 0 Å². The van der Waals surface area contributed by atoms with E-state index >= 15 is 0 Å². The first-order valence-corrected chi connectivity index (χ1v) is 4.44. The number of hydrogen-bond acceptors (Lipinski definition) is 4. The van der Waals surface area contributed by atoms with E-state index in [2.05, 4.69) is 11.1 Å². The molecule has 0 rings (SSSR count). The number of hydrogen-bond donors (Lipinski definition) is 3. The molecule has 76 valence electrons. The van der Waals surface area contributed by atoms with Crippen molar-refractivity contribution in [1.82, 2.24) is 0 Å². The minimum absolute atomic E-state index is 0. The molecule has 0 fully saturated rings. The van der Waals surface area contributed by atoms with Crippen molar-refractivity contribution in [1.29, 1.82) is 0 Å². The fourth-order valence-electron chi connectivity index (χ4n) is 0.415. The Balaban J connectivity index is 0. The Morgan fingerprint density at radius 1 is 1.36 bits per heavy atom. The number of rotatable bonds is 4. The fraction of sp³-hybridized carbons (Fsp3) is 0.200. The number of aliphatic carboxylic acids is 1. The van der Waals surface area contributed by atoms with Gasteiger partial charge in [0.05, 0.1) is 6.42 Å². The van der Waals surface area contributed by atoms with Crippen LogP contribution in [0.5, 0.6) is 0 Å². The maximum absolute atomic E-state index is 10.5. The third-order valence-electron chi connectivity index (χ3n) is 0.881. The normalized spacial score (nSPS) is 9.86. The summed E-state index contributed by atoms with van der Waals surface area (Å²) in [5.74, 6) is -2.76. The van der Waals surface area contributed by atoms with Gasteiger partial charge in [0, 0.05) is 5.57 Å². The summed E-state index contributed by atoms with van der Waals surface area (Å²) in [6, 6.07) is 0. The molecule has 7 nitrogen and oxygen atoms in total. The van der Waals surface area contributed by atoms with E-state index in [4.69, 9.17) is 14.9 Å². The fourth-order valence-corrected chi connectivity index (χ4v) is 0.745. The first-order valence-electron chi connectivity index (χ1n) is 2.91. The monoisotopic (exact) mass is 234 g/mol. The van der Waals surface area contributed by atoms with Gasteiger partial charge in [-0.05, 0) is 0 Å². The Morgan fingerprint density at radius 3 is 2.07 bits per heavy atom. The van der Waals surface area contributed by atoms with Gasteiger partial charge in [0.15, 0.2) is 0 Å². The summed E-state index contributed by atoms with van der Waals surface area (Å²) in [5, 5.41) is 8.23. The molecule has 0 saturated heterocycles. The van der Waals surface area contributed by atoms with E-state index in [1.165, 1.54) is 0 Å². The predicted octanol–water partition coefficient (Wildman–Crippen LogP) is -0.995. The summed E-state index contributed by atoms with van der Waals surface area (Å²) >= 11 is 0. The van der Waals surface area contributed by atoms with Gasteiger partial charge in [-0.2, -0.15) is 0 Å². The number of carboxylic acids is 1. The van der Waals surface area contributed by atoms with Gasteiger partial charge in [-0.15, -0.1) is 0 Å². The first kappa shape index (κ1) is 16.3. The number of phosphoric ester groups is 1. The molecule has 0 spiro atoms. The summed E-state index contributed by atoms with van der Waals surface area (Å²) in [6.07, 6.45) is -0.763. The average molecular weight is 234 g/mol. The Labute approximate surface area is 101 Å². The van der Waals surface area contributed by atoms with E-state index in [1.54, 1.807) is 0 Å². The van der Waals surface area contributed by atoms with E-state index in [0.717, 1.165) is 0 Å². The Hall–Kier alpha value is -0.170. The molecule has 0 aliphatic rings. The minimum atomic E-state index is -4.89. The molecule has 0 aromatic rings. The molecule has 0 aromatic heterocycles. The number of phosphoric acid groups is 1. The second-order valence-electron chi connectivity index (χ2n) is 2.04. The van der Waals surface area contributed by atoms with Gasteiger partial charge in [0.25, 0.3) is 0 Å². The third kappa shape index (κ3) is 8.43. The predicted molar refractivity (Wildman–Crippen MR) is 46.7 cm³/mol. The summed E-state index contributed by atoms with van der Waals surface area (Å²) in [7, 11) is -4.89. The van der Waals surface area contributed by atoms with Crippen LogP contribution in [0.25, 0.3) is 0 Å². The first-order chi connectivity index (χ1) is 5.72. The topological polar surface area (TPSA) is 121 Å². The Morgan fingerprint density at radius 2 is 1.79 bits per heavy atom. The summed E-state index contributed by atoms with van der Waals surface area (Å²) in [6.45, 7) is 2.97. The zero-order valence-corrected chi connectivity index (χ0v) is 7.23. The number of carbonyl (C=O) groups excluding carboxylic acids is 1. The molecule has 0 aliphatic carbocycles. The number of carbonyl (C=O) groups is 2. The van der Waals surface area contributed by atoms with Crippen LogP contribution in [-0.4, -0.2) is 56.4 Å². The molecule has 0 heterocycles.